The Morgan fingerprint density at radius 2 is 1.79 bits per heavy atom. The first-order valence-electron chi connectivity index (χ1n) is 8.71. The van der Waals surface area contributed by atoms with Crippen LogP contribution in [0.5, 0.6) is 5.75 Å². The van der Waals surface area contributed by atoms with E-state index >= 15 is 0 Å². The summed E-state index contributed by atoms with van der Waals surface area (Å²) in [6.07, 6.45) is 1.02. The van der Waals surface area contributed by atoms with E-state index in [9.17, 15) is 18.0 Å². The van der Waals surface area contributed by atoms with E-state index in [0.29, 0.717) is 11.4 Å². The number of aryl methyl sites for hydroxylation is 1. The predicted molar refractivity (Wildman–Crippen MR) is 111 cm³/mol. The zero-order valence-corrected chi connectivity index (χ0v) is 17.7. The summed E-state index contributed by atoms with van der Waals surface area (Å²) in [5.41, 5.74) is 1.68. The average Bonchev–Trinajstić information content (AvgIpc) is 2.66. The van der Waals surface area contributed by atoms with Crippen LogP contribution in [0.4, 0.5) is 11.4 Å². The Balaban J connectivity index is 2.38. The van der Waals surface area contributed by atoms with E-state index < -0.39 is 27.9 Å². The molecule has 0 radical (unpaired) electrons. The molecule has 29 heavy (non-hydrogen) atoms. The van der Waals surface area contributed by atoms with Crippen LogP contribution < -0.4 is 14.4 Å². The van der Waals surface area contributed by atoms with E-state index in [1.807, 2.05) is 6.92 Å². The van der Waals surface area contributed by atoms with Gasteiger partial charge in [0.2, 0.25) is 15.9 Å². The molecule has 2 rings (SSSR count). The first-order chi connectivity index (χ1) is 13.6. The first kappa shape index (κ1) is 22.2. The van der Waals surface area contributed by atoms with Gasteiger partial charge < -0.3 is 14.8 Å². The smallest absolute Gasteiger partial charge is 0.337 e. The van der Waals surface area contributed by atoms with Gasteiger partial charge in [-0.15, -0.1) is 0 Å². The van der Waals surface area contributed by atoms with Crippen molar-refractivity contribution in [3.8, 4) is 5.75 Å². The van der Waals surface area contributed by atoms with Gasteiger partial charge in [0, 0.05) is 5.69 Å². The molecular formula is C20H24N2O6S. The summed E-state index contributed by atoms with van der Waals surface area (Å²) in [5, 5.41) is 2.64. The van der Waals surface area contributed by atoms with Crippen LogP contribution in [0.2, 0.25) is 0 Å². The Morgan fingerprint density at radius 1 is 1.10 bits per heavy atom. The van der Waals surface area contributed by atoms with Gasteiger partial charge in [-0.3, -0.25) is 9.10 Å². The topological polar surface area (TPSA) is 102 Å². The van der Waals surface area contributed by atoms with Gasteiger partial charge in [-0.1, -0.05) is 12.1 Å². The van der Waals surface area contributed by atoms with Crippen LogP contribution in [0.3, 0.4) is 0 Å². The van der Waals surface area contributed by atoms with Crippen molar-refractivity contribution >= 4 is 33.3 Å². The van der Waals surface area contributed by atoms with Crippen LogP contribution in [0.15, 0.2) is 42.5 Å². The molecule has 0 saturated heterocycles. The molecule has 0 spiro atoms. The SMILES string of the molecule is COC(=O)c1cccc(NC(=O)[C@H](C)N(c2cc(C)ccc2OC)S(C)(=O)=O)c1. The third-order valence-electron chi connectivity index (χ3n) is 4.21. The molecular weight excluding hydrogens is 396 g/mol. The Morgan fingerprint density at radius 3 is 2.38 bits per heavy atom. The lowest BCUT2D eigenvalue weighted by molar-refractivity contribution is -0.116. The molecule has 0 heterocycles. The number of anilines is 2. The summed E-state index contributed by atoms with van der Waals surface area (Å²) < 4.78 is 36.0. The number of methoxy groups -OCH3 is 2. The fraction of sp³-hybridized carbons (Fsp3) is 0.300. The molecule has 0 aliphatic rings. The molecule has 1 amide bonds. The normalized spacial score (nSPS) is 12.0. The average molecular weight is 420 g/mol. The van der Waals surface area contributed by atoms with Gasteiger partial charge in [0.1, 0.15) is 11.8 Å². The third kappa shape index (κ3) is 5.26. The zero-order chi connectivity index (χ0) is 21.8. The van der Waals surface area contributed by atoms with E-state index in [4.69, 9.17) is 4.74 Å². The monoisotopic (exact) mass is 420 g/mol. The van der Waals surface area contributed by atoms with E-state index in [2.05, 4.69) is 10.1 Å². The summed E-state index contributed by atoms with van der Waals surface area (Å²) in [7, 11) is -1.12. The molecule has 8 nitrogen and oxygen atoms in total. The molecule has 1 N–H and O–H groups in total. The van der Waals surface area contributed by atoms with Gasteiger partial charge in [0.05, 0.1) is 31.7 Å². The highest BCUT2D eigenvalue weighted by molar-refractivity contribution is 7.92. The number of hydrogen-bond donors (Lipinski definition) is 1. The largest absolute Gasteiger partial charge is 0.495 e. The van der Waals surface area contributed by atoms with E-state index in [1.54, 1.807) is 36.4 Å². The summed E-state index contributed by atoms with van der Waals surface area (Å²) in [4.78, 5) is 24.5. The Labute approximate surface area is 170 Å². The molecule has 156 valence electrons. The molecule has 0 aliphatic heterocycles. The van der Waals surface area contributed by atoms with Gasteiger partial charge in [0.15, 0.2) is 0 Å². The minimum Gasteiger partial charge on any atom is -0.495 e. The summed E-state index contributed by atoms with van der Waals surface area (Å²) in [6, 6.07) is 10.2. The number of carbonyl (C=O) groups excluding carboxylic acids is 2. The molecule has 0 bridgehead atoms. The second-order valence-electron chi connectivity index (χ2n) is 6.47. The Bertz CT molecular complexity index is 1020. The molecule has 1 atom stereocenters. The fourth-order valence-corrected chi connectivity index (χ4v) is 4.01. The lowest BCUT2D eigenvalue weighted by Crippen LogP contribution is -2.45. The Kier molecular flexibility index (Phi) is 6.86. The second-order valence-corrected chi connectivity index (χ2v) is 8.33. The highest BCUT2D eigenvalue weighted by atomic mass is 32.2. The van der Waals surface area contributed by atoms with E-state index in [0.717, 1.165) is 16.1 Å². The predicted octanol–water partition coefficient (Wildman–Crippen LogP) is 2.58. The number of hydrogen-bond acceptors (Lipinski definition) is 6. The van der Waals surface area contributed by atoms with E-state index in [-0.39, 0.29) is 11.3 Å². The van der Waals surface area contributed by atoms with Crippen molar-refractivity contribution < 1.29 is 27.5 Å². The molecule has 2 aromatic rings. The number of rotatable bonds is 7. The lowest BCUT2D eigenvalue weighted by Gasteiger charge is -2.29. The second kappa shape index (κ2) is 8.95. The molecule has 9 heteroatoms. The highest BCUT2D eigenvalue weighted by Gasteiger charge is 2.31. The minimum atomic E-state index is -3.81. The molecule has 0 saturated carbocycles. The molecule has 2 aromatic carbocycles. The maximum atomic E-state index is 12.8. The number of sulfonamides is 1. The van der Waals surface area contributed by atoms with Gasteiger partial charge >= 0.3 is 5.97 Å². The van der Waals surface area contributed by atoms with Gasteiger partial charge in [-0.05, 0) is 49.7 Å². The number of nitrogens with one attached hydrogen (secondary N) is 1. The van der Waals surface area contributed by atoms with Gasteiger partial charge in [-0.25, -0.2) is 13.2 Å². The van der Waals surface area contributed by atoms with Crippen molar-refractivity contribution in [1.82, 2.24) is 0 Å². The number of esters is 1. The van der Waals surface area contributed by atoms with Crippen molar-refractivity contribution in [1.29, 1.82) is 0 Å². The maximum absolute atomic E-state index is 12.8. The zero-order valence-electron chi connectivity index (χ0n) is 16.9. The van der Waals surface area contributed by atoms with Crippen LogP contribution in [-0.4, -0.2) is 46.8 Å². The van der Waals surface area contributed by atoms with Crippen molar-refractivity contribution in [3.63, 3.8) is 0 Å². The van der Waals surface area contributed by atoms with Crippen molar-refractivity contribution in [2.45, 2.75) is 19.9 Å². The maximum Gasteiger partial charge on any atom is 0.337 e. The van der Waals surface area contributed by atoms with Crippen molar-refractivity contribution in [3.05, 3.63) is 53.6 Å². The van der Waals surface area contributed by atoms with Crippen LogP contribution in [0, 0.1) is 6.92 Å². The summed E-state index contributed by atoms with van der Waals surface area (Å²) in [5.74, 6) is -0.786. The minimum absolute atomic E-state index is 0.262. The number of benzene rings is 2. The van der Waals surface area contributed by atoms with Crippen LogP contribution in [0.1, 0.15) is 22.8 Å². The Hall–Kier alpha value is -3.07. The van der Waals surface area contributed by atoms with Crippen LogP contribution in [-0.2, 0) is 19.6 Å². The molecule has 0 aromatic heterocycles. The molecule has 0 aliphatic carbocycles. The standard InChI is InChI=1S/C20H24N2O6S/c1-13-9-10-18(27-3)17(11-13)22(29(5,25)26)14(2)19(23)21-16-8-6-7-15(12-16)20(24)28-4/h6-12,14H,1-5H3,(H,21,23)/t14-/m0/s1. The number of ether oxygens (including phenoxy) is 2. The fourth-order valence-electron chi connectivity index (χ4n) is 2.84. The lowest BCUT2D eigenvalue weighted by atomic mass is 10.1. The summed E-state index contributed by atoms with van der Waals surface area (Å²) >= 11 is 0. The number of carbonyl (C=O) groups is 2. The van der Waals surface area contributed by atoms with Gasteiger partial charge in [-0.2, -0.15) is 0 Å². The van der Waals surface area contributed by atoms with Crippen molar-refractivity contribution in [2.75, 3.05) is 30.1 Å². The van der Waals surface area contributed by atoms with Crippen LogP contribution in [0.25, 0.3) is 0 Å². The quantitative estimate of drug-likeness (QED) is 0.691. The van der Waals surface area contributed by atoms with Crippen LogP contribution >= 0.6 is 0 Å². The molecule has 0 fully saturated rings. The third-order valence-corrected chi connectivity index (χ3v) is 5.44. The summed E-state index contributed by atoms with van der Waals surface area (Å²) in [6.45, 7) is 3.29. The van der Waals surface area contributed by atoms with E-state index in [1.165, 1.54) is 27.2 Å². The van der Waals surface area contributed by atoms with Gasteiger partial charge in [0.25, 0.3) is 0 Å². The highest BCUT2D eigenvalue weighted by Crippen LogP contribution is 2.32. The first-order valence-corrected chi connectivity index (χ1v) is 10.6. The number of amides is 1. The molecule has 0 unspecified atom stereocenters. The number of nitrogens with zero attached hydrogens (tertiary/aromatic N) is 1. The van der Waals surface area contributed by atoms with Crippen molar-refractivity contribution in [2.24, 2.45) is 0 Å².